The number of nitrogens with two attached hydrogens (primary N) is 1. The van der Waals surface area contributed by atoms with Gasteiger partial charge in [0.05, 0.1) is 0 Å². The summed E-state index contributed by atoms with van der Waals surface area (Å²) in [4.78, 5) is 21.7. The Morgan fingerprint density at radius 3 is 3.00 bits per heavy atom. The number of nitrogens with one attached hydrogen (secondary N) is 1. The Morgan fingerprint density at radius 2 is 2.29 bits per heavy atom. The predicted octanol–water partition coefficient (Wildman–Crippen LogP) is 0.388. The van der Waals surface area contributed by atoms with Gasteiger partial charge < -0.3 is 15.8 Å². The molecule has 3 N–H and O–H groups in total. The molecule has 0 saturated heterocycles. The molecule has 1 aliphatic heterocycles. The fourth-order valence-electron chi connectivity index (χ4n) is 1.37. The summed E-state index contributed by atoms with van der Waals surface area (Å²) in [6.07, 6.45) is -0.886. The van der Waals surface area contributed by atoms with Crippen LogP contribution in [0, 0.1) is 0 Å². The highest BCUT2D eigenvalue weighted by atomic mass is 16.5. The summed E-state index contributed by atoms with van der Waals surface area (Å²) < 4.78 is 4.65. The van der Waals surface area contributed by atoms with Crippen LogP contribution in [0.5, 0.6) is 5.75 Å². The van der Waals surface area contributed by atoms with Crippen molar-refractivity contribution in [1.29, 1.82) is 0 Å². The summed E-state index contributed by atoms with van der Waals surface area (Å²) >= 11 is 0. The third-order valence-electron chi connectivity index (χ3n) is 1.98. The fourth-order valence-corrected chi connectivity index (χ4v) is 1.37. The van der Waals surface area contributed by atoms with Crippen LogP contribution in [-0.2, 0) is 6.54 Å². The monoisotopic (exact) mass is 192 g/mol. The largest absolute Gasteiger partial charge is 0.410 e. The Labute approximate surface area is 79.8 Å². The van der Waals surface area contributed by atoms with E-state index in [-0.39, 0.29) is 11.7 Å². The van der Waals surface area contributed by atoms with Crippen molar-refractivity contribution in [3.8, 4) is 5.75 Å². The van der Waals surface area contributed by atoms with E-state index in [0.717, 1.165) is 5.56 Å². The van der Waals surface area contributed by atoms with Gasteiger partial charge in [0.2, 0.25) is 0 Å². The van der Waals surface area contributed by atoms with Crippen LogP contribution >= 0.6 is 0 Å². The van der Waals surface area contributed by atoms with Crippen LogP contribution in [0.4, 0.5) is 4.79 Å². The van der Waals surface area contributed by atoms with Crippen molar-refractivity contribution < 1.29 is 14.3 Å². The van der Waals surface area contributed by atoms with Crippen LogP contribution < -0.4 is 15.8 Å². The maximum Gasteiger partial charge on any atom is 0.409 e. The molecule has 0 radical (unpaired) electrons. The normalized spacial score (nSPS) is 13.3. The molecule has 14 heavy (non-hydrogen) atoms. The zero-order chi connectivity index (χ0) is 10.1. The first kappa shape index (κ1) is 8.55. The molecule has 0 bridgehead atoms. The summed E-state index contributed by atoms with van der Waals surface area (Å²) in [6.45, 7) is 0.519. The Bertz CT molecular complexity index is 415. The predicted molar refractivity (Wildman–Crippen MR) is 47.8 cm³/mol. The van der Waals surface area contributed by atoms with E-state index in [1.807, 2.05) is 0 Å². The molecule has 0 saturated carbocycles. The summed E-state index contributed by atoms with van der Waals surface area (Å²) in [5.41, 5.74) is 6.27. The van der Waals surface area contributed by atoms with Crippen LogP contribution in [0.25, 0.3) is 0 Å². The molecule has 2 amide bonds. The van der Waals surface area contributed by atoms with Crippen molar-refractivity contribution in [3.63, 3.8) is 0 Å². The third-order valence-corrected chi connectivity index (χ3v) is 1.98. The van der Waals surface area contributed by atoms with Crippen molar-refractivity contribution in [2.75, 3.05) is 0 Å². The number of amides is 2. The van der Waals surface area contributed by atoms with Crippen LogP contribution in [0.15, 0.2) is 18.2 Å². The van der Waals surface area contributed by atoms with Gasteiger partial charge in [-0.3, -0.25) is 4.79 Å². The van der Waals surface area contributed by atoms with E-state index in [9.17, 15) is 9.59 Å². The zero-order valence-corrected chi connectivity index (χ0v) is 7.24. The second-order valence-corrected chi connectivity index (χ2v) is 2.92. The number of hydrogen-bond acceptors (Lipinski definition) is 3. The molecule has 1 aromatic carbocycles. The summed E-state index contributed by atoms with van der Waals surface area (Å²) in [5.74, 6) is 0.128. The molecule has 2 rings (SSSR count). The van der Waals surface area contributed by atoms with Crippen LogP contribution in [0.1, 0.15) is 15.9 Å². The van der Waals surface area contributed by atoms with E-state index in [4.69, 9.17) is 5.73 Å². The van der Waals surface area contributed by atoms with Gasteiger partial charge in [-0.1, -0.05) is 6.07 Å². The van der Waals surface area contributed by atoms with Crippen LogP contribution in [0.2, 0.25) is 0 Å². The van der Waals surface area contributed by atoms with Crippen molar-refractivity contribution in [2.24, 2.45) is 5.73 Å². The number of ether oxygens (including phenoxy) is 1. The van der Waals surface area contributed by atoms with E-state index in [1.54, 1.807) is 12.1 Å². The highest BCUT2D eigenvalue weighted by Crippen LogP contribution is 2.21. The van der Waals surface area contributed by atoms with Gasteiger partial charge >= 0.3 is 6.09 Å². The van der Waals surface area contributed by atoms with Gasteiger partial charge in [0, 0.05) is 12.1 Å². The molecule has 72 valence electrons. The van der Waals surface area contributed by atoms with Crippen molar-refractivity contribution in [1.82, 2.24) is 5.32 Å². The SMILES string of the molecule is NC(=O)Oc1ccc2c(c1)C(=O)NC2. The topological polar surface area (TPSA) is 81.4 Å². The van der Waals surface area contributed by atoms with Crippen molar-refractivity contribution in [3.05, 3.63) is 29.3 Å². The molecule has 5 nitrogen and oxygen atoms in total. The molecule has 1 aromatic rings. The molecule has 0 atom stereocenters. The minimum Gasteiger partial charge on any atom is -0.410 e. The lowest BCUT2D eigenvalue weighted by Crippen LogP contribution is -2.16. The lowest BCUT2D eigenvalue weighted by molar-refractivity contribution is 0.0965. The van der Waals surface area contributed by atoms with Gasteiger partial charge in [-0.05, 0) is 17.7 Å². The van der Waals surface area contributed by atoms with E-state index in [0.29, 0.717) is 12.1 Å². The molecule has 1 aliphatic rings. The minimum atomic E-state index is -0.886. The zero-order valence-electron chi connectivity index (χ0n) is 7.24. The second kappa shape index (κ2) is 3.02. The fraction of sp³-hybridized carbons (Fsp3) is 0.111. The standard InChI is InChI=1S/C9H8N2O3/c10-9(13)14-6-2-1-5-4-11-8(12)7(5)3-6/h1-3H,4H2,(H2,10,13)(H,11,12). The number of benzene rings is 1. The first-order valence-corrected chi connectivity index (χ1v) is 4.05. The van der Waals surface area contributed by atoms with E-state index < -0.39 is 6.09 Å². The average molecular weight is 192 g/mol. The number of carbonyl (C=O) groups excluding carboxylic acids is 2. The summed E-state index contributed by atoms with van der Waals surface area (Å²) in [7, 11) is 0. The van der Waals surface area contributed by atoms with Gasteiger partial charge in [-0.15, -0.1) is 0 Å². The smallest absolute Gasteiger partial charge is 0.409 e. The number of fused-ring (bicyclic) bond motifs is 1. The first-order chi connectivity index (χ1) is 6.66. The number of carbonyl (C=O) groups is 2. The van der Waals surface area contributed by atoms with E-state index >= 15 is 0 Å². The second-order valence-electron chi connectivity index (χ2n) is 2.92. The first-order valence-electron chi connectivity index (χ1n) is 4.05. The maximum absolute atomic E-state index is 11.2. The molecule has 5 heteroatoms. The average Bonchev–Trinajstić information content (AvgIpc) is 2.47. The Hall–Kier alpha value is -2.04. The quantitative estimate of drug-likeness (QED) is 0.675. The number of primary amides is 1. The Balaban J connectivity index is 2.35. The maximum atomic E-state index is 11.2. The van der Waals surface area contributed by atoms with Gasteiger partial charge in [-0.2, -0.15) is 0 Å². The van der Waals surface area contributed by atoms with Gasteiger partial charge in [0.25, 0.3) is 5.91 Å². The lowest BCUT2D eigenvalue weighted by Gasteiger charge is -2.01. The van der Waals surface area contributed by atoms with Gasteiger partial charge in [-0.25, -0.2) is 4.79 Å². The highest BCUT2D eigenvalue weighted by molar-refractivity contribution is 5.98. The van der Waals surface area contributed by atoms with Gasteiger partial charge in [0.15, 0.2) is 0 Å². The molecule has 0 spiro atoms. The minimum absolute atomic E-state index is 0.157. The lowest BCUT2D eigenvalue weighted by atomic mass is 10.1. The Morgan fingerprint density at radius 1 is 1.50 bits per heavy atom. The molecular formula is C9H8N2O3. The Kier molecular flexibility index (Phi) is 1.85. The molecule has 0 aliphatic carbocycles. The van der Waals surface area contributed by atoms with E-state index in [2.05, 4.69) is 10.1 Å². The highest BCUT2D eigenvalue weighted by Gasteiger charge is 2.19. The molecule has 0 fully saturated rings. The van der Waals surface area contributed by atoms with Gasteiger partial charge in [0.1, 0.15) is 5.75 Å². The molecule has 0 aromatic heterocycles. The third kappa shape index (κ3) is 1.39. The van der Waals surface area contributed by atoms with Crippen LogP contribution in [0.3, 0.4) is 0 Å². The molecule has 1 heterocycles. The number of hydrogen-bond donors (Lipinski definition) is 2. The van der Waals surface area contributed by atoms with Crippen LogP contribution in [-0.4, -0.2) is 12.0 Å². The molecule has 0 unspecified atom stereocenters. The number of rotatable bonds is 1. The summed E-state index contributed by atoms with van der Waals surface area (Å²) in [5, 5.41) is 2.65. The molecular weight excluding hydrogens is 184 g/mol. The van der Waals surface area contributed by atoms with E-state index in [1.165, 1.54) is 6.07 Å². The summed E-state index contributed by atoms with van der Waals surface area (Å²) in [6, 6.07) is 4.83. The van der Waals surface area contributed by atoms with Crippen molar-refractivity contribution >= 4 is 12.0 Å². The van der Waals surface area contributed by atoms with Crippen molar-refractivity contribution in [2.45, 2.75) is 6.54 Å².